The molecule has 12 aromatic rings. The summed E-state index contributed by atoms with van der Waals surface area (Å²) in [6.45, 7) is 0. The Morgan fingerprint density at radius 1 is 0.295 bits per heavy atom. The van der Waals surface area contributed by atoms with Gasteiger partial charge in [0.25, 0.3) is 0 Å². The topological polar surface area (TPSA) is 13.1 Å². The zero-order valence-electron chi connectivity index (χ0n) is 33.4. The molecule has 3 heteroatoms. The second kappa shape index (κ2) is 14.3. The molecule has 0 aliphatic carbocycles. The lowest BCUT2D eigenvalue weighted by Crippen LogP contribution is -2.10. The van der Waals surface area contributed by atoms with Crippen LogP contribution in [0.5, 0.6) is 0 Å². The van der Waals surface area contributed by atoms with E-state index >= 15 is 0 Å². The first-order valence-electron chi connectivity index (χ1n) is 20.9. The maximum absolute atomic E-state index is 2.43. The third-order valence-electron chi connectivity index (χ3n) is 12.3. The van der Waals surface area contributed by atoms with Crippen molar-refractivity contribution in [3.05, 3.63) is 237 Å². The lowest BCUT2D eigenvalue weighted by Gasteiger charge is -2.27. The van der Waals surface area contributed by atoms with Crippen LogP contribution >= 0.6 is 0 Å². The molecule has 0 spiro atoms. The third-order valence-corrected chi connectivity index (χ3v) is 12.3. The fourth-order valence-corrected chi connectivity index (χ4v) is 9.53. The highest BCUT2D eigenvalue weighted by atomic mass is 15.1. The van der Waals surface area contributed by atoms with Crippen molar-refractivity contribution < 1.29 is 0 Å². The molecule has 12 rings (SSSR count). The van der Waals surface area contributed by atoms with E-state index in [4.69, 9.17) is 0 Å². The molecule has 0 bridgehead atoms. The second-order valence-electron chi connectivity index (χ2n) is 15.7. The highest BCUT2D eigenvalue weighted by Gasteiger charge is 2.22. The van der Waals surface area contributed by atoms with E-state index in [-0.39, 0.29) is 0 Å². The summed E-state index contributed by atoms with van der Waals surface area (Å²) in [5.41, 5.74) is 15.1. The Kier molecular flexibility index (Phi) is 8.17. The van der Waals surface area contributed by atoms with Crippen molar-refractivity contribution in [3.8, 4) is 33.6 Å². The molecule has 10 aromatic carbocycles. The van der Waals surface area contributed by atoms with Crippen molar-refractivity contribution >= 4 is 71.4 Å². The van der Waals surface area contributed by atoms with Crippen molar-refractivity contribution in [2.45, 2.75) is 0 Å². The number of rotatable bonds is 7. The Balaban J connectivity index is 0.991. The quantitative estimate of drug-likeness (QED) is 0.157. The van der Waals surface area contributed by atoms with Crippen LogP contribution in [0.2, 0.25) is 0 Å². The van der Waals surface area contributed by atoms with Crippen LogP contribution in [-0.4, -0.2) is 9.13 Å². The normalized spacial score (nSPS) is 11.6. The van der Waals surface area contributed by atoms with Gasteiger partial charge in [0.2, 0.25) is 0 Å². The number of anilines is 3. The van der Waals surface area contributed by atoms with E-state index in [2.05, 4.69) is 251 Å². The van der Waals surface area contributed by atoms with E-state index in [0.29, 0.717) is 0 Å². The first-order chi connectivity index (χ1) is 30.3. The highest BCUT2D eigenvalue weighted by molar-refractivity contribution is 6.19. The van der Waals surface area contributed by atoms with Crippen molar-refractivity contribution in [2.24, 2.45) is 0 Å². The average molecular weight is 778 g/mol. The van der Waals surface area contributed by atoms with Crippen LogP contribution in [0.15, 0.2) is 237 Å². The molecule has 2 heterocycles. The molecular formula is C58H39N3. The van der Waals surface area contributed by atoms with E-state index in [1.165, 1.54) is 76.6 Å². The first kappa shape index (κ1) is 34.9. The molecule has 0 saturated heterocycles. The summed E-state index contributed by atoms with van der Waals surface area (Å²) in [5.74, 6) is 0. The smallest absolute Gasteiger partial charge is 0.0619 e. The fraction of sp³-hybridized carbons (Fsp3) is 0. The van der Waals surface area contributed by atoms with Gasteiger partial charge in [-0.2, -0.15) is 0 Å². The van der Waals surface area contributed by atoms with Crippen molar-refractivity contribution in [1.82, 2.24) is 9.13 Å². The van der Waals surface area contributed by atoms with E-state index in [1.54, 1.807) is 0 Å². The monoisotopic (exact) mass is 777 g/mol. The molecule has 0 aliphatic heterocycles. The predicted molar refractivity (Wildman–Crippen MR) is 258 cm³/mol. The Bertz CT molecular complexity index is 3560. The number of nitrogens with zero attached hydrogens (tertiary/aromatic N) is 3. The average Bonchev–Trinajstić information content (AvgIpc) is 3.87. The molecule has 3 nitrogen and oxygen atoms in total. The molecule has 2 aromatic heterocycles. The summed E-state index contributed by atoms with van der Waals surface area (Å²) in [7, 11) is 0. The van der Waals surface area contributed by atoms with Gasteiger partial charge >= 0.3 is 0 Å². The summed E-state index contributed by atoms with van der Waals surface area (Å²) in [4.78, 5) is 2.43. The fourth-order valence-electron chi connectivity index (χ4n) is 9.53. The molecule has 0 aliphatic rings. The summed E-state index contributed by atoms with van der Waals surface area (Å²) in [6, 6.07) is 85.8. The highest BCUT2D eigenvalue weighted by Crippen LogP contribution is 2.45. The summed E-state index contributed by atoms with van der Waals surface area (Å²) >= 11 is 0. The number of para-hydroxylation sites is 3. The Morgan fingerprint density at radius 2 is 0.852 bits per heavy atom. The van der Waals surface area contributed by atoms with Crippen LogP contribution in [0.4, 0.5) is 17.1 Å². The zero-order valence-corrected chi connectivity index (χ0v) is 33.4. The van der Waals surface area contributed by atoms with Crippen molar-refractivity contribution in [2.75, 3.05) is 4.90 Å². The van der Waals surface area contributed by atoms with Gasteiger partial charge < -0.3 is 14.0 Å². The first-order valence-corrected chi connectivity index (χ1v) is 20.9. The molecular weight excluding hydrogens is 739 g/mol. The van der Waals surface area contributed by atoms with Crippen LogP contribution in [-0.2, 0) is 0 Å². The standard InChI is InChI=1S/C58H39N3/c1-3-15-40(16-4-1)44-18-13-21-48(39-44)59(55-27-14-28-56-57(55)52-24-10-12-26-54(52)60(56)45-19-5-2-6-20-45)46-34-29-41(30-35-46)42-31-36-47(37-32-42)61-53-25-11-9-23-50(53)51-38-33-43-17-7-8-22-49(43)58(51)61/h1-39H. The number of benzene rings is 10. The van der Waals surface area contributed by atoms with E-state index in [9.17, 15) is 0 Å². The minimum atomic E-state index is 1.09. The Hall–Kier alpha value is -8.14. The molecule has 0 unspecified atom stereocenters. The lowest BCUT2D eigenvalue weighted by atomic mass is 10.0. The summed E-state index contributed by atoms with van der Waals surface area (Å²) < 4.78 is 4.82. The summed E-state index contributed by atoms with van der Waals surface area (Å²) in [6.07, 6.45) is 0. The third kappa shape index (κ3) is 5.74. The van der Waals surface area contributed by atoms with Gasteiger partial charge in [-0.15, -0.1) is 0 Å². The molecule has 286 valence electrons. The van der Waals surface area contributed by atoms with Gasteiger partial charge in [-0.05, 0) is 100 Å². The maximum atomic E-state index is 2.43. The van der Waals surface area contributed by atoms with Gasteiger partial charge in [-0.1, -0.05) is 164 Å². The van der Waals surface area contributed by atoms with Gasteiger partial charge in [0, 0.05) is 49.7 Å². The minimum Gasteiger partial charge on any atom is -0.310 e. The van der Waals surface area contributed by atoms with Crippen LogP contribution in [0.1, 0.15) is 0 Å². The molecule has 0 radical (unpaired) electrons. The number of fused-ring (bicyclic) bond motifs is 8. The van der Waals surface area contributed by atoms with Gasteiger partial charge in [-0.25, -0.2) is 0 Å². The number of hydrogen-bond acceptors (Lipinski definition) is 1. The van der Waals surface area contributed by atoms with Crippen molar-refractivity contribution in [1.29, 1.82) is 0 Å². The van der Waals surface area contributed by atoms with Crippen LogP contribution in [0.25, 0.3) is 88.0 Å². The van der Waals surface area contributed by atoms with E-state index in [1.807, 2.05) is 0 Å². The lowest BCUT2D eigenvalue weighted by molar-refractivity contribution is 1.18. The van der Waals surface area contributed by atoms with Crippen LogP contribution in [0.3, 0.4) is 0 Å². The molecule has 0 fully saturated rings. The number of hydrogen-bond donors (Lipinski definition) is 0. The van der Waals surface area contributed by atoms with Gasteiger partial charge in [0.05, 0.1) is 27.8 Å². The van der Waals surface area contributed by atoms with Gasteiger partial charge in [0.15, 0.2) is 0 Å². The minimum absolute atomic E-state index is 1.09. The molecule has 0 N–H and O–H groups in total. The van der Waals surface area contributed by atoms with Crippen LogP contribution in [0, 0.1) is 0 Å². The van der Waals surface area contributed by atoms with Crippen LogP contribution < -0.4 is 4.90 Å². The molecule has 0 amide bonds. The predicted octanol–water partition coefficient (Wildman–Crippen LogP) is 15.8. The van der Waals surface area contributed by atoms with Gasteiger partial charge in [0.1, 0.15) is 0 Å². The van der Waals surface area contributed by atoms with E-state index < -0.39 is 0 Å². The van der Waals surface area contributed by atoms with Gasteiger partial charge in [-0.3, -0.25) is 0 Å². The number of aromatic nitrogens is 2. The zero-order chi connectivity index (χ0) is 40.3. The van der Waals surface area contributed by atoms with E-state index in [0.717, 1.165) is 28.4 Å². The molecule has 0 saturated carbocycles. The van der Waals surface area contributed by atoms with Crippen molar-refractivity contribution in [3.63, 3.8) is 0 Å². The second-order valence-corrected chi connectivity index (χ2v) is 15.7. The largest absolute Gasteiger partial charge is 0.310 e. The molecule has 0 atom stereocenters. The molecule has 61 heavy (non-hydrogen) atoms. The maximum Gasteiger partial charge on any atom is 0.0619 e. The summed E-state index contributed by atoms with van der Waals surface area (Å²) in [5, 5.41) is 7.47. The Labute approximate surface area is 354 Å². The SMILES string of the molecule is c1ccc(-c2cccc(N(c3ccc(-c4ccc(-n5c6ccccc6c6ccc7ccccc7c65)cc4)cc3)c3cccc4c3c3ccccc3n4-c3ccccc3)c2)cc1. The Morgan fingerprint density at radius 3 is 1.62 bits per heavy atom.